The summed E-state index contributed by atoms with van der Waals surface area (Å²) in [6, 6.07) is 0. The van der Waals surface area contributed by atoms with Crippen molar-refractivity contribution in [3.05, 3.63) is 0 Å². The van der Waals surface area contributed by atoms with Gasteiger partial charge in [-0.15, -0.1) is 0 Å². The minimum absolute atomic E-state index is 0.0556. The molecule has 2 nitrogen and oxygen atoms in total. The molecule has 1 atom stereocenters. The summed E-state index contributed by atoms with van der Waals surface area (Å²) in [4.78, 5) is 0. The van der Waals surface area contributed by atoms with Gasteiger partial charge in [0.05, 0.1) is 6.61 Å². The highest BCUT2D eigenvalue weighted by molar-refractivity contribution is 4.98. The molecule has 1 aliphatic heterocycles. The van der Waals surface area contributed by atoms with Crippen molar-refractivity contribution in [2.24, 2.45) is 11.7 Å². The Morgan fingerprint density at radius 2 is 1.79 bits per heavy atom. The van der Waals surface area contributed by atoms with Crippen LogP contribution in [0.3, 0.4) is 0 Å². The molecule has 0 aromatic rings. The second-order valence-electron chi connectivity index (χ2n) is 4.65. The van der Waals surface area contributed by atoms with Crippen molar-refractivity contribution in [1.82, 2.24) is 0 Å². The van der Waals surface area contributed by atoms with Gasteiger partial charge < -0.3 is 10.5 Å². The second kappa shape index (κ2) is 3.42. The van der Waals surface area contributed by atoms with Crippen LogP contribution in [0.1, 0.15) is 32.1 Å². The van der Waals surface area contributed by atoms with E-state index < -0.39 is 11.5 Å². The molecule has 0 radical (unpaired) electrons. The van der Waals surface area contributed by atoms with Gasteiger partial charge in [-0.2, -0.15) is 0 Å². The molecule has 0 bridgehead atoms. The first-order valence-electron chi connectivity index (χ1n) is 5.26. The Labute approximate surface area is 82.8 Å². The van der Waals surface area contributed by atoms with Crippen molar-refractivity contribution in [1.29, 1.82) is 0 Å². The zero-order chi connectivity index (χ0) is 10.2. The lowest BCUT2D eigenvalue weighted by atomic mass is 9.72. The molecule has 0 spiro atoms. The van der Waals surface area contributed by atoms with Crippen LogP contribution in [0.5, 0.6) is 0 Å². The minimum atomic E-state index is -2.48. The van der Waals surface area contributed by atoms with E-state index in [0.717, 1.165) is 13.0 Å². The number of hydrogen-bond donors (Lipinski definition) is 1. The van der Waals surface area contributed by atoms with Crippen molar-refractivity contribution >= 4 is 0 Å². The fourth-order valence-corrected chi connectivity index (χ4v) is 2.48. The highest BCUT2D eigenvalue weighted by Crippen LogP contribution is 2.42. The van der Waals surface area contributed by atoms with Crippen molar-refractivity contribution in [3.63, 3.8) is 0 Å². The van der Waals surface area contributed by atoms with E-state index in [-0.39, 0.29) is 12.8 Å². The molecule has 1 unspecified atom stereocenters. The maximum Gasteiger partial charge on any atom is 0.248 e. The lowest BCUT2D eigenvalue weighted by Gasteiger charge is -2.40. The van der Waals surface area contributed by atoms with Gasteiger partial charge in [0.2, 0.25) is 5.92 Å². The van der Waals surface area contributed by atoms with Crippen LogP contribution in [0.4, 0.5) is 8.78 Å². The molecule has 4 heteroatoms. The smallest absolute Gasteiger partial charge is 0.248 e. The first-order chi connectivity index (χ1) is 6.52. The van der Waals surface area contributed by atoms with Gasteiger partial charge in [0.25, 0.3) is 0 Å². The molecule has 14 heavy (non-hydrogen) atoms. The summed E-state index contributed by atoms with van der Waals surface area (Å²) >= 11 is 0. The predicted molar refractivity (Wildman–Crippen MR) is 49.3 cm³/mol. The van der Waals surface area contributed by atoms with E-state index in [9.17, 15) is 8.78 Å². The van der Waals surface area contributed by atoms with Crippen molar-refractivity contribution < 1.29 is 13.5 Å². The highest BCUT2D eigenvalue weighted by atomic mass is 19.3. The van der Waals surface area contributed by atoms with Crippen LogP contribution >= 0.6 is 0 Å². The van der Waals surface area contributed by atoms with E-state index in [2.05, 4.69) is 0 Å². The molecule has 0 amide bonds. The Kier molecular flexibility index (Phi) is 2.52. The number of ether oxygens (including phenoxy) is 1. The SMILES string of the molecule is NC1(C2CCOC2)CCC(F)(F)CC1. The van der Waals surface area contributed by atoms with E-state index in [0.29, 0.717) is 25.4 Å². The van der Waals surface area contributed by atoms with Crippen LogP contribution in [0.25, 0.3) is 0 Å². The average molecular weight is 205 g/mol. The fraction of sp³-hybridized carbons (Fsp3) is 1.00. The number of halogens is 2. The molecule has 2 rings (SSSR count). The van der Waals surface area contributed by atoms with E-state index in [4.69, 9.17) is 10.5 Å². The third-order valence-corrected chi connectivity index (χ3v) is 3.66. The van der Waals surface area contributed by atoms with Gasteiger partial charge in [0.15, 0.2) is 0 Å². The lowest BCUT2D eigenvalue weighted by molar-refractivity contribution is -0.0589. The standard InChI is InChI=1S/C10H17F2NO/c11-10(12)4-2-9(13,3-5-10)8-1-6-14-7-8/h8H,1-7,13H2. The van der Waals surface area contributed by atoms with Crippen LogP contribution in [0.2, 0.25) is 0 Å². The summed E-state index contributed by atoms with van der Waals surface area (Å²) in [6.07, 6.45) is 1.70. The largest absolute Gasteiger partial charge is 0.381 e. The Balaban J connectivity index is 1.97. The second-order valence-corrected chi connectivity index (χ2v) is 4.65. The van der Waals surface area contributed by atoms with Crippen molar-refractivity contribution in [2.75, 3.05) is 13.2 Å². The number of hydrogen-bond acceptors (Lipinski definition) is 2. The first kappa shape index (κ1) is 10.3. The number of nitrogens with two attached hydrogens (primary N) is 1. The third kappa shape index (κ3) is 1.91. The van der Waals surface area contributed by atoms with Crippen LogP contribution < -0.4 is 5.73 Å². The monoisotopic (exact) mass is 205 g/mol. The van der Waals surface area contributed by atoms with Gasteiger partial charge in [-0.3, -0.25) is 0 Å². The number of rotatable bonds is 1. The molecular formula is C10H17F2NO. The number of alkyl halides is 2. The molecule has 2 fully saturated rings. The Bertz CT molecular complexity index is 204. The van der Waals surface area contributed by atoms with Crippen LogP contribution in [-0.4, -0.2) is 24.7 Å². The zero-order valence-electron chi connectivity index (χ0n) is 8.27. The van der Waals surface area contributed by atoms with Gasteiger partial charge in [0.1, 0.15) is 0 Å². The van der Waals surface area contributed by atoms with E-state index in [1.54, 1.807) is 0 Å². The molecule has 2 N–H and O–H groups in total. The summed E-state index contributed by atoms with van der Waals surface area (Å²) in [5.41, 5.74) is 5.78. The van der Waals surface area contributed by atoms with Gasteiger partial charge >= 0.3 is 0 Å². The molecule has 1 saturated heterocycles. The summed E-state index contributed by atoms with van der Waals surface area (Å²) in [6.45, 7) is 1.39. The highest BCUT2D eigenvalue weighted by Gasteiger charge is 2.45. The van der Waals surface area contributed by atoms with Crippen molar-refractivity contribution in [2.45, 2.75) is 43.6 Å². The Morgan fingerprint density at radius 1 is 1.14 bits per heavy atom. The van der Waals surface area contributed by atoms with Crippen LogP contribution in [0.15, 0.2) is 0 Å². The molecule has 1 heterocycles. The van der Waals surface area contributed by atoms with Crippen LogP contribution in [-0.2, 0) is 4.74 Å². The maximum absolute atomic E-state index is 12.9. The van der Waals surface area contributed by atoms with E-state index in [1.165, 1.54) is 0 Å². The quantitative estimate of drug-likeness (QED) is 0.710. The zero-order valence-corrected chi connectivity index (χ0v) is 8.27. The minimum Gasteiger partial charge on any atom is -0.381 e. The van der Waals surface area contributed by atoms with Gasteiger partial charge in [-0.25, -0.2) is 8.78 Å². The topological polar surface area (TPSA) is 35.2 Å². The molecular weight excluding hydrogens is 188 g/mol. The average Bonchev–Trinajstić information content (AvgIpc) is 2.64. The summed E-state index contributed by atoms with van der Waals surface area (Å²) in [5.74, 6) is -2.19. The summed E-state index contributed by atoms with van der Waals surface area (Å²) in [7, 11) is 0. The van der Waals surface area contributed by atoms with Crippen molar-refractivity contribution in [3.8, 4) is 0 Å². The van der Waals surface area contributed by atoms with Crippen LogP contribution in [0, 0.1) is 5.92 Å². The molecule has 0 aromatic heterocycles. The van der Waals surface area contributed by atoms with Gasteiger partial charge in [0, 0.05) is 30.9 Å². The van der Waals surface area contributed by atoms with Gasteiger partial charge in [-0.1, -0.05) is 0 Å². The Morgan fingerprint density at radius 3 is 2.29 bits per heavy atom. The van der Waals surface area contributed by atoms with E-state index in [1.807, 2.05) is 0 Å². The van der Waals surface area contributed by atoms with Gasteiger partial charge in [-0.05, 0) is 19.3 Å². The predicted octanol–water partition coefficient (Wildman–Crippen LogP) is 1.93. The first-order valence-corrected chi connectivity index (χ1v) is 5.26. The Hall–Kier alpha value is -0.220. The molecule has 2 aliphatic rings. The molecule has 0 aromatic carbocycles. The fourth-order valence-electron chi connectivity index (χ4n) is 2.48. The maximum atomic E-state index is 12.9. The molecule has 82 valence electrons. The normalized spacial score (nSPS) is 35.8. The third-order valence-electron chi connectivity index (χ3n) is 3.66. The molecule has 1 saturated carbocycles. The lowest BCUT2D eigenvalue weighted by Crippen LogP contribution is -2.52. The summed E-state index contributed by atoms with van der Waals surface area (Å²) in [5, 5.41) is 0. The molecule has 1 aliphatic carbocycles. The summed E-state index contributed by atoms with van der Waals surface area (Å²) < 4.78 is 31.2. The van der Waals surface area contributed by atoms with E-state index >= 15 is 0 Å².